The number of aromatic amines is 1. The van der Waals surface area contributed by atoms with Gasteiger partial charge in [0.15, 0.2) is 5.69 Å². The van der Waals surface area contributed by atoms with Gasteiger partial charge in [-0.1, -0.05) is 29.8 Å². The first-order valence-corrected chi connectivity index (χ1v) is 9.57. The van der Waals surface area contributed by atoms with Gasteiger partial charge in [-0.15, -0.1) is 0 Å². The topological polar surface area (TPSA) is 110 Å². The van der Waals surface area contributed by atoms with Gasteiger partial charge in [0.25, 0.3) is 11.8 Å². The van der Waals surface area contributed by atoms with Crippen molar-refractivity contribution in [3.63, 3.8) is 0 Å². The SMILES string of the molecule is Cc1ccc(-c2nc3ccc(C(C)(F)F)cc3[nH]2)cc1NC(=O)c1ncnc(N)c1Cl. The number of anilines is 2. The van der Waals surface area contributed by atoms with Crippen LogP contribution in [0.1, 0.15) is 28.5 Å². The van der Waals surface area contributed by atoms with Gasteiger partial charge in [0.1, 0.15) is 23.0 Å². The molecule has 7 nitrogen and oxygen atoms in total. The summed E-state index contributed by atoms with van der Waals surface area (Å²) in [5.41, 5.74) is 8.49. The molecule has 0 radical (unpaired) electrons. The van der Waals surface area contributed by atoms with E-state index in [9.17, 15) is 13.6 Å². The third kappa shape index (κ3) is 4.04. The minimum Gasteiger partial charge on any atom is -0.382 e. The van der Waals surface area contributed by atoms with Crippen LogP contribution in [0.5, 0.6) is 0 Å². The molecule has 0 saturated carbocycles. The normalized spacial score (nSPS) is 11.6. The van der Waals surface area contributed by atoms with Crippen molar-refractivity contribution in [2.45, 2.75) is 19.8 Å². The molecule has 4 rings (SSSR count). The maximum atomic E-state index is 13.6. The molecule has 0 fully saturated rings. The maximum absolute atomic E-state index is 13.6. The average molecular weight is 443 g/mol. The monoisotopic (exact) mass is 442 g/mol. The summed E-state index contributed by atoms with van der Waals surface area (Å²) in [5.74, 6) is -3.01. The lowest BCUT2D eigenvalue weighted by Crippen LogP contribution is -2.16. The Morgan fingerprint density at radius 1 is 1.19 bits per heavy atom. The summed E-state index contributed by atoms with van der Waals surface area (Å²) in [6, 6.07) is 9.61. The molecule has 4 N–H and O–H groups in total. The highest BCUT2D eigenvalue weighted by atomic mass is 35.5. The summed E-state index contributed by atoms with van der Waals surface area (Å²) >= 11 is 6.03. The quantitative estimate of drug-likeness (QED) is 0.415. The standard InChI is InChI=1S/C21H17ClF2N6O/c1-10-3-4-11(7-14(10)30-20(31)17-16(22)18(25)27-9-26-17)19-28-13-6-5-12(21(2,23)24)8-15(13)29-19/h3-9H,1-2H3,(H,28,29)(H,30,31)(H2,25,26,27). The van der Waals surface area contributed by atoms with E-state index in [0.29, 0.717) is 28.1 Å². The molecule has 0 bridgehead atoms. The van der Waals surface area contributed by atoms with Crippen LogP contribution in [0.3, 0.4) is 0 Å². The number of nitrogen functional groups attached to an aromatic ring is 1. The first-order chi connectivity index (χ1) is 14.6. The predicted octanol–water partition coefficient (Wildman–Crippen LogP) is 4.93. The lowest BCUT2D eigenvalue weighted by molar-refractivity contribution is 0.0176. The van der Waals surface area contributed by atoms with Crippen LogP contribution in [0.2, 0.25) is 5.02 Å². The van der Waals surface area contributed by atoms with E-state index in [2.05, 4.69) is 25.3 Å². The zero-order valence-electron chi connectivity index (χ0n) is 16.5. The lowest BCUT2D eigenvalue weighted by atomic mass is 10.1. The van der Waals surface area contributed by atoms with Crippen molar-refractivity contribution >= 4 is 40.0 Å². The van der Waals surface area contributed by atoms with E-state index in [4.69, 9.17) is 17.3 Å². The number of hydrogen-bond donors (Lipinski definition) is 3. The summed E-state index contributed by atoms with van der Waals surface area (Å²) in [6.07, 6.45) is 1.15. The number of nitrogens with one attached hydrogen (secondary N) is 2. The number of imidazole rings is 1. The van der Waals surface area contributed by atoms with E-state index >= 15 is 0 Å². The number of benzene rings is 2. The Kier molecular flexibility index (Phi) is 5.06. The van der Waals surface area contributed by atoms with E-state index in [-0.39, 0.29) is 22.1 Å². The number of hydrogen-bond acceptors (Lipinski definition) is 5. The van der Waals surface area contributed by atoms with Crippen LogP contribution in [0, 0.1) is 6.92 Å². The van der Waals surface area contributed by atoms with Gasteiger partial charge in [-0.3, -0.25) is 4.79 Å². The highest BCUT2D eigenvalue weighted by Gasteiger charge is 2.25. The molecule has 0 atom stereocenters. The third-order valence-electron chi connectivity index (χ3n) is 4.78. The fourth-order valence-electron chi connectivity index (χ4n) is 3.05. The van der Waals surface area contributed by atoms with Crippen molar-refractivity contribution in [1.29, 1.82) is 0 Å². The van der Waals surface area contributed by atoms with E-state index in [1.165, 1.54) is 12.1 Å². The van der Waals surface area contributed by atoms with Crippen LogP contribution >= 0.6 is 11.6 Å². The Balaban J connectivity index is 1.68. The Labute approximate surface area is 180 Å². The van der Waals surface area contributed by atoms with Crippen LogP contribution in [0.15, 0.2) is 42.7 Å². The molecule has 0 aliphatic carbocycles. The van der Waals surface area contributed by atoms with Gasteiger partial charge in [-0.2, -0.15) is 0 Å². The smallest absolute Gasteiger partial charge is 0.276 e. The molecular formula is C21H17ClF2N6O. The molecule has 4 aromatic rings. The van der Waals surface area contributed by atoms with Crippen LogP contribution in [-0.4, -0.2) is 25.8 Å². The van der Waals surface area contributed by atoms with Crippen molar-refractivity contribution in [3.05, 3.63) is 64.6 Å². The van der Waals surface area contributed by atoms with Gasteiger partial charge >= 0.3 is 0 Å². The van der Waals surface area contributed by atoms with E-state index < -0.39 is 11.8 Å². The summed E-state index contributed by atoms with van der Waals surface area (Å²) in [5, 5.41) is 2.72. The Bertz CT molecular complexity index is 1320. The van der Waals surface area contributed by atoms with Crippen LogP contribution in [0.4, 0.5) is 20.3 Å². The highest BCUT2D eigenvalue weighted by Crippen LogP contribution is 2.31. The lowest BCUT2D eigenvalue weighted by Gasteiger charge is -2.10. The number of rotatable bonds is 4. The van der Waals surface area contributed by atoms with Gasteiger partial charge < -0.3 is 16.0 Å². The summed E-state index contributed by atoms with van der Waals surface area (Å²) < 4.78 is 27.2. The van der Waals surface area contributed by atoms with E-state index in [0.717, 1.165) is 18.8 Å². The second-order valence-electron chi connectivity index (χ2n) is 7.11. The molecule has 0 saturated heterocycles. The van der Waals surface area contributed by atoms with Crippen molar-refractivity contribution in [1.82, 2.24) is 19.9 Å². The number of alkyl halides is 2. The minimum atomic E-state index is -2.95. The van der Waals surface area contributed by atoms with Crippen molar-refractivity contribution < 1.29 is 13.6 Å². The number of H-pyrrole nitrogens is 1. The number of aromatic nitrogens is 4. The number of nitrogens with two attached hydrogens (primary N) is 1. The first-order valence-electron chi connectivity index (χ1n) is 9.20. The molecule has 158 valence electrons. The number of amides is 1. The Morgan fingerprint density at radius 2 is 1.97 bits per heavy atom. The number of carbonyl (C=O) groups is 1. The molecule has 2 heterocycles. The average Bonchev–Trinajstić information content (AvgIpc) is 3.14. The van der Waals surface area contributed by atoms with Crippen molar-refractivity contribution in [3.8, 4) is 11.4 Å². The summed E-state index contributed by atoms with van der Waals surface area (Å²) in [4.78, 5) is 27.8. The van der Waals surface area contributed by atoms with Crippen molar-refractivity contribution in [2.75, 3.05) is 11.1 Å². The van der Waals surface area contributed by atoms with Crippen LogP contribution in [-0.2, 0) is 5.92 Å². The largest absolute Gasteiger partial charge is 0.382 e. The fraction of sp³-hybridized carbons (Fsp3) is 0.143. The van der Waals surface area contributed by atoms with Gasteiger partial charge in [0.05, 0.1) is 11.0 Å². The number of fused-ring (bicyclic) bond motifs is 1. The molecule has 2 aromatic heterocycles. The number of aryl methyl sites for hydroxylation is 1. The summed E-state index contributed by atoms with van der Waals surface area (Å²) in [7, 11) is 0. The van der Waals surface area contributed by atoms with Crippen molar-refractivity contribution in [2.24, 2.45) is 0 Å². The van der Waals surface area contributed by atoms with Crippen LogP contribution in [0.25, 0.3) is 22.4 Å². The Morgan fingerprint density at radius 3 is 2.71 bits per heavy atom. The van der Waals surface area contributed by atoms with E-state index in [1.54, 1.807) is 18.2 Å². The molecule has 31 heavy (non-hydrogen) atoms. The number of nitrogens with zero attached hydrogens (tertiary/aromatic N) is 3. The zero-order valence-corrected chi connectivity index (χ0v) is 17.3. The van der Waals surface area contributed by atoms with Gasteiger partial charge in [-0.25, -0.2) is 23.7 Å². The van der Waals surface area contributed by atoms with Gasteiger partial charge in [0, 0.05) is 23.7 Å². The molecule has 2 aromatic carbocycles. The Hall–Kier alpha value is -3.59. The minimum absolute atomic E-state index is 0.00610. The third-order valence-corrected chi connectivity index (χ3v) is 5.15. The number of carbonyl (C=O) groups excluding carboxylic acids is 1. The number of halogens is 3. The summed E-state index contributed by atoms with van der Waals surface area (Å²) in [6.45, 7) is 2.67. The molecular weight excluding hydrogens is 426 g/mol. The first kappa shape index (κ1) is 20.7. The maximum Gasteiger partial charge on any atom is 0.276 e. The second kappa shape index (κ2) is 7.59. The second-order valence-corrected chi connectivity index (χ2v) is 7.49. The highest BCUT2D eigenvalue weighted by molar-refractivity contribution is 6.36. The van der Waals surface area contributed by atoms with Crippen LogP contribution < -0.4 is 11.1 Å². The molecule has 1 amide bonds. The van der Waals surface area contributed by atoms with Gasteiger partial charge in [-0.05, 0) is 30.7 Å². The molecule has 0 spiro atoms. The molecule has 0 unspecified atom stereocenters. The molecule has 10 heteroatoms. The fourth-order valence-corrected chi connectivity index (χ4v) is 3.23. The molecule has 0 aliphatic heterocycles. The zero-order chi connectivity index (χ0) is 22.3. The van der Waals surface area contributed by atoms with E-state index in [1.807, 2.05) is 13.0 Å². The van der Waals surface area contributed by atoms with Gasteiger partial charge in [0.2, 0.25) is 0 Å². The molecule has 0 aliphatic rings. The predicted molar refractivity (Wildman–Crippen MR) is 115 cm³/mol.